The van der Waals surface area contributed by atoms with Crippen molar-refractivity contribution in [3.05, 3.63) is 35.9 Å². The van der Waals surface area contributed by atoms with Gasteiger partial charge in [0.05, 0.1) is 7.11 Å². The van der Waals surface area contributed by atoms with E-state index < -0.39 is 134 Å². The molecular weight excluding hydrogens is 850 g/mol. The van der Waals surface area contributed by atoms with E-state index in [1.165, 1.54) is 0 Å². The van der Waals surface area contributed by atoms with E-state index in [-0.39, 0.29) is 18.8 Å². The number of benzene rings is 1. The highest BCUT2D eigenvalue weighted by molar-refractivity contribution is 7.99. The average molecular weight is 902 g/mol. The van der Waals surface area contributed by atoms with E-state index in [2.05, 4.69) is 5.32 Å². The molecule has 62 heavy (non-hydrogen) atoms. The molecule has 344 valence electrons. The van der Waals surface area contributed by atoms with Gasteiger partial charge in [0.2, 0.25) is 0 Å². The molecule has 2 fully saturated rings. The van der Waals surface area contributed by atoms with Crippen molar-refractivity contribution in [3.63, 3.8) is 0 Å². The van der Waals surface area contributed by atoms with Gasteiger partial charge >= 0.3 is 53.8 Å². The van der Waals surface area contributed by atoms with Crippen molar-refractivity contribution < 1.29 is 100.0 Å². The Morgan fingerprint density at radius 2 is 1.08 bits per heavy atom. The number of carbonyl (C=O) groups is 9. The summed E-state index contributed by atoms with van der Waals surface area (Å²) in [5, 5.41) is 2.45. The summed E-state index contributed by atoms with van der Waals surface area (Å²) in [6.45, 7) is 6.07. The van der Waals surface area contributed by atoms with Crippen molar-refractivity contribution in [1.82, 2.24) is 5.32 Å². The minimum atomic E-state index is -1.85. The molecule has 1 aromatic rings. The monoisotopic (exact) mass is 901 g/mol. The Balaban J connectivity index is 2.02. The molecule has 0 saturated carbocycles. The molecule has 3 rings (SSSR count). The SMILES string of the molecule is COC(=O)[C@H](CCS[C@@H]1O[C@H](COC(C)=O)[C@@H](O[C@@H]2O[C@H](COC(C)=O)[C@H](OC(C)=O)[C@H](OC(C)=O)[C@H]2OC(C)=O)[C@H](OC(C)=O)[C@H]1OC(C)=O)NC(=O)OCc1ccccc1. The molecule has 1 amide bonds. The molecule has 2 heterocycles. The highest BCUT2D eigenvalue weighted by atomic mass is 32.2. The van der Waals surface area contributed by atoms with Crippen LogP contribution in [-0.2, 0) is 102 Å². The number of carbonyl (C=O) groups excluding carboxylic acids is 9. The minimum Gasteiger partial charge on any atom is -0.467 e. The van der Waals surface area contributed by atoms with Gasteiger partial charge in [-0.15, -0.1) is 11.8 Å². The Kier molecular flexibility index (Phi) is 20.3. The van der Waals surface area contributed by atoms with Crippen LogP contribution in [0.25, 0.3) is 0 Å². The first-order valence-corrected chi connectivity index (χ1v) is 20.1. The molecule has 2 aliphatic rings. The van der Waals surface area contributed by atoms with E-state index in [4.69, 9.17) is 56.8 Å². The summed E-state index contributed by atoms with van der Waals surface area (Å²) in [5.74, 6) is -6.93. The summed E-state index contributed by atoms with van der Waals surface area (Å²) in [6, 6.07) is 7.55. The standard InChI is InChI=1S/C39H51NO21S/c1-19(41)51-17-28-30(54-21(3)43)32(55-22(4)44)34(57-24(6)46)37(59-28)61-31-29(18-52-20(2)42)60-38(35(58-25(7)47)33(31)56-23(5)45)62-15-14-27(36(48)50-8)40-39(49)53-16-26-12-10-9-11-13-26/h9-13,27-35,37-38H,14-18H2,1-8H3,(H,40,49)/t27-,28+,29+,30-,31+,32-,33-,34+,35+,37-,38-/m0/s1. The average Bonchev–Trinajstić information content (AvgIpc) is 3.18. The number of alkyl carbamates (subject to hydrolysis) is 1. The molecule has 11 atom stereocenters. The zero-order chi connectivity index (χ0) is 46.1. The largest absolute Gasteiger partial charge is 0.467 e. The number of amides is 1. The van der Waals surface area contributed by atoms with Gasteiger partial charge in [0.25, 0.3) is 0 Å². The number of thioether (sulfide) groups is 1. The molecule has 0 aliphatic carbocycles. The van der Waals surface area contributed by atoms with E-state index in [0.29, 0.717) is 5.56 Å². The highest BCUT2D eigenvalue weighted by Gasteiger charge is 2.57. The first kappa shape index (κ1) is 50.8. The van der Waals surface area contributed by atoms with Crippen LogP contribution in [0.15, 0.2) is 30.3 Å². The van der Waals surface area contributed by atoms with Gasteiger partial charge in [0.1, 0.15) is 49.6 Å². The Hall–Kier alpha value is -5.52. The fraction of sp³-hybridized carbons (Fsp3) is 0.615. The summed E-state index contributed by atoms with van der Waals surface area (Å²) >= 11 is 0.948. The van der Waals surface area contributed by atoms with Crippen LogP contribution in [0.1, 0.15) is 60.5 Å². The number of nitrogens with one attached hydrogen (secondary N) is 1. The molecule has 0 aromatic heterocycles. The quantitative estimate of drug-likeness (QED) is 0.151. The van der Waals surface area contributed by atoms with Crippen LogP contribution in [-0.4, -0.2) is 147 Å². The summed E-state index contributed by atoms with van der Waals surface area (Å²) in [6.07, 6.45) is -15.5. The Bertz CT molecular complexity index is 1740. The van der Waals surface area contributed by atoms with E-state index >= 15 is 0 Å². The zero-order valence-electron chi connectivity index (χ0n) is 35.3. The third kappa shape index (κ3) is 16.4. The summed E-state index contributed by atoms with van der Waals surface area (Å²) in [7, 11) is 1.12. The van der Waals surface area contributed by atoms with Crippen LogP contribution in [0.3, 0.4) is 0 Å². The van der Waals surface area contributed by atoms with E-state index in [0.717, 1.165) is 67.3 Å². The molecule has 23 heteroatoms. The lowest BCUT2D eigenvalue weighted by molar-refractivity contribution is -0.341. The second-order valence-electron chi connectivity index (χ2n) is 13.6. The zero-order valence-corrected chi connectivity index (χ0v) is 36.1. The Labute approximate surface area is 360 Å². The van der Waals surface area contributed by atoms with Crippen molar-refractivity contribution in [1.29, 1.82) is 0 Å². The van der Waals surface area contributed by atoms with Crippen LogP contribution in [0.4, 0.5) is 4.79 Å². The molecule has 0 unspecified atom stereocenters. The van der Waals surface area contributed by atoms with Gasteiger partial charge in [-0.25, -0.2) is 9.59 Å². The van der Waals surface area contributed by atoms with E-state index in [9.17, 15) is 43.2 Å². The third-order valence-corrected chi connectivity index (χ3v) is 9.74. The maximum atomic E-state index is 12.7. The lowest BCUT2D eigenvalue weighted by atomic mass is 9.96. The van der Waals surface area contributed by atoms with Gasteiger partial charge in [-0.3, -0.25) is 33.6 Å². The number of hydrogen-bond acceptors (Lipinski definition) is 22. The predicted octanol–water partition coefficient (Wildman–Crippen LogP) is 1.20. The van der Waals surface area contributed by atoms with E-state index in [1.54, 1.807) is 30.3 Å². The minimum absolute atomic E-state index is 0.0144. The molecule has 0 spiro atoms. The van der Waals surface area contributed by atoms with Crippen molar-refractivity contribution in [3.8, 4) is 0 Å². The maximum absolute atomic E-state index is 12.7. The van der Waals surface area contributed by atoms with Crippen molar-refractivity contribution in [2.24, 2.45) is 0 Å². The second-order valence-corrected chi connectivity index (χ2v) is 14.8. The van der Waals surface area contributed by atoms with Crippen molar-refractivity contribution in [2.75, 3.05) is 26.1 Å². The smallest absolute Gasteiger partial charge is 0.408 e. The first-order valence-electron chi connectivity index (χ1n) is 19.0. The topological polar surface area (TPSA) is 276 Å². The highest BCUT2D eigenvalue weighted by Crippen LogP contribution is 2.38. The van der Waals surface area contributed by atoms with Crippen LogP contribution < -0.4 is 5.32 Å². The fourth-order valence-corrected chi connectivity index (χ4v) is 7.43. The van der Waals surface area contributed by atoms with Gasteiger partial charge in [0, 0.05) is 48.5 Å². The summed E-state index contributed by atoms with van der Waals surface area (Å²) in [5.41, 5.74) is -0.566. The number of methoxy groups -OCH3 is 1. The van der Waals surface area contributed by atoms with Crippen LogP contribution in [0.2, 0.25) is 0 Å². The fourth-order valence-electron chi connectivity index (χ4n) is 6.21. The number of hydrogen-bond donors (Lipinski definition) is 1. The second kappa shape index (κ2) is 24.8. The first-order chi connectivity index (χ1) is 29.3. The van der Waals surface area contributed by atoms with Gasteiger partial charge in [-0.2, -0.15) is 0 Å². The Morgan fingerprint density at radius 1 is 0.597 bits per heavy atom. The third-order valence-electron chi connectivity index (χ3n) is 8.56. The maximum Gasteiger partial charge on any atom is 0.408 e. The van der Waals surface area contributed by atoms with Crippen molar-refractivity contribution in [2.45, 2.75) is 128 Å². The summed E-state index contributed by atoms with van der Waals surface area (Å²) < 4.78 is 67.1. The van der Waals surface area contributed by atoms with Gasteiger partial charge < -0.3 is 62.2 Å². The van der Waals surface area contributed by atoms with Gasteiger partial charge in [-0.05, 0) is 17.7 Å². The molecular formula is C39H51NO21S. The molecule has 1 N–H and O–H groups in total. The van der Waals surface area contributed by atoms with Gasteiger partial charge in [-0.1, -0.05) is 30.3 Å². The van der Waals surface area contributed by atoms with Gasteiger partial charge in [0.15, 0.2) is 36.8 Å². The normalized spacial score (nSPS) is 25.9. The van der Waals surface area contributed by atoms with Crippen molar-refractivity contribution >= 4 is 65.6 Å². The molecule has 0 bridgehead atoms. The van der Waals surface area contributed by atoms with Crippen LogP contribution in [0.5, 0.6) is 0 Å². The number of rotatable bonds is 19. The lowest BCUT2D eigenvalue weighted by Gasteiger charge is -2.48. The molecule has 2 aliphatic heterocycles. The molecule has 2 saturated heterocycles. The van der Waals surface area contributed by atoms with Crippen LogP contribution in [0, 0.1) is 0 Å². The number of esters is 8. The van der Waals surface area contributed by atoms with Crippen LogP contribution >= 0.6 is 11.8 Å². The predicted molar refractivity (Wildman–Crippen MR) is 206 cm³/mol. The summed E-state index contributed by atoms with van der Waals surface area (Å²) in [4.78, 5) is 112. The van der Waals surface area contributed by atoms with E-state index in [1.807, 2.05) is 0 Å². The molecule has 1 aromatic carbocycles. The Morgan fingerprint density at radius 3 is 1.60 bits per heavy atom. The number of ether oxygens (including phenoxy) is 12. The molecule has 22 nitrogen and oxygen atoms in total. The molecule has 0 radical (unpaired) electrons. The lowest BCUT2D eigenvalue weighted by Crippen LogP contribution is -2.66.